The average molecular weight is 545 g/mol. The molecule has 38 heavy (non-hydrogen) atoms. The van der Waals surface area contributed by atoms with Gasteiger partial charge >= 0.3 is 12.2 Å². The zero-order valence-corrected chi connectivity index (χ0v) is 20.8. The standard InChI is InChI=1S/C28H24ClF3N2O4/c29-20-12-10-19(11-13-20)26(22-8-4-5-9-23(22)28(30,31)32)37-21-14-34(15-21)27(35)33-25-17-36-16-24(38-25)18-6-2-1-3-7-18/h1-2,4-6,8-13,16-17,21,26H,3,7,14-15H2,(H,33,35). The van der Waals surface area contributed by atoms with E-state index in [2.05, 4.69) is 5.32 Å². The monoisotopic (exact) mass is 544 g/mol. The van der Waals surface area contributed by atoms with Crippen molar-refractivity contribution < 1.29 is 32.2 Å². The number of allylic oxidation sites excluding steroid dienone is 4. The Hall–Kier alpha value is -3.69. The van der Waals surface area contributed by atoms with E-state index in [1.54, 1.807) is 30.3 Å². The van der Waals surface area contributed by atoms with Gasteiger partial charge in [0, 0.05) is 5.02 Å². The molecule has 5 rings (SSSR count). The number of ether oxygens (including phenoxy) is 3. The molecule has 1 saturated heterocycles. The Balaban J connectivity index is 1.23. The number of amides is 2. The maximum Gasteiger partial charge on any atom is 0.416 e. The van der Waals surface area contributed by atoms with Crippen LogP contribution in [-0.4, -0.2) is 30.1 Å². The summed E-state index contributed by atoms with van der Waals surface area (Å²) in [6, 6.07) is 11.4. The lowest BCUT2D eigenvalue weighted by Crippen LogP contribution is -2.58. The summed E-state index contributed by atoms with van der Waals surface area (Å²) in [7, 11) is 0. The number of urea groups is 1. The molecule has 1 N–H and O–H groups in total. The number of carbonyl (C=O) groups excluding carboxylic acids is 1. The summed E-state index contributed by atoms with van der Waals surface area (Å²) in [5.41, 5.74) is 0.701. The van der Waals surface area contributed by atoms with E-state index in [9.17, 15) is 18.0 Å². The van der Waals surface area contributed by atoms with Crippen LogP contribution < -0.4 is 5.32 Å². The molecule has 198 valence electrons. The molecule has 2 amide bonds. The second-order valence-corrected chi connectivity index (χ2v) is 9.41. The van der Waals surface area contributed by atoms with E-state index in [4.69, 9.17) is 25.8 Å². The minimum atomic E-state index is -4.55. The summed E-state index contributed by atoms with van der Waals surface area (Å²) in [5, 5.41) is 3.12. The maximum absolute atomic E-state index is 13.8. The first-order valence-electron chi connectivity index (χ1n) is 12.0. The van der Waals surface area contributed by atoms with Gasteiger partial charge in [-0.2, -0.15) is 13.2 Å². The van der Waals surface area contributed by atoms with Crippen molar-refractivity contribution in [3.05, 3.63) is 118 Å². The van der Waals surface area contributed by atoms with Gasteiger partial charge in [0.15, 0.2) is 12.0 Å². The number of benzene rings is 2. The minimum absolute atomic E-state index is 0.00527. The Bertz CT molecular complexity index is 1310. The van der Waals surface area contributed by atoms with Gasteiger partial charge in [0.2, 0.25) is 5.88 Å². The normalized spacial score (nSPS) is 18.3. The number of nitrogens with one attached hydrogen (secondary N) is 1. The molecule has 0 spiro atoms. The van der Waals surface area contributed by atoms with E-state index in [0.717, 1.165) is 24.5 Å². The van der Waals surface area contributed by atoms with Crippen LogP contribution in [0.25, 0.3) is 0 Å². The van der Waals surface area contributed by atoms with Crippen molar-refractivity contribution in [3.63, 3.8) is 0 Å². The second kappa shape index (κ2) is 11.0. The molecule has 1 aliphatic carbocycles. The fourth-order valence-corrected chi connectivity index (χ4v) is 4.47. The summed E-state index contributed by atoms with van der Waals surface area (Å²) in [6.45, 7) is 0.383. The lowest BCUT2D eigenvalue weighted by Gasteiger charge is -2.41. The van der Waals surface area contributed by atoms with Crippen molar-refractivity contribution in [2.75, 3.05) is 13.1 Å². The van der Waals surface area contributed by atoms with Gasteiger partial charge < -0.3 is 19.1 Å². The topological polar surface area (TPSA) is 60.0 Å². The number of nitrogens with zero attached hydrogens (tertiary/aromatic N) is 1. The van der Waals surface area contributed by atoms with E-state index in [1.807, 2.05) is 18.2 Å². The zero-order chi connectivity index (χ0) is 26.7. The first kappa shape index (κ1) is 25.9. The van der Waals surface area contributed by atoms with Gasteiger partial charge in [-0.3, -0.25) is 5.32 Å². The minimum Gasteiger partial charge on any atom is -0.463 e. The van der Waals surface area contributed by atoms with E-state index < -0.39 is 30.0 Å². The molecule has 0 saturated carbocycles. The number of hydrogen-bond acceptors (Lipinski definition) is 4. The van der Waals surface area contributed by atoms with E-state index in [0.29, 0.717) is 16.3 Å². The van der Waals surface area contributed by atoms with Crippen molar-refractivity contribution in [1.82, 2.24) is 10.2 Å². The Morgan fingerprint density at radius 3 is 2.58 bits per heavy atom. The summed E-state index contributed by atoms with van der Waals surface area (Å²) in [5.74, 6) is 0.663. The van der Waals surface area contributed by atoms with Crippen LogP contribution in [0.1, 0.15) is 35.6 Å². The van der Waals surface area contributed by atoms with Gasteiger partial charge in [-0.15, -0.1) is 0 Å². The molecule has 2 aromatic rings. The number of halogens is 4. The van der Waals surface area contributed by atoms with Crippen LogP contribution in [0.4, 0.5) is 18.0 Å². The summed E-state index contributed by atoms with van der Waals surface area (Å²) in [6.07, 6.45) is 4.33. The van der Waals surface area contributed by atoms with Gasteiger partial charge in [0.05, 0.1) is 24.8 Å². The molecule has 2 heterocycles. The van der Waals surface area contributed by atoms with Crippen molar-refractivity contribution >= 4 is 17.6 Å². The van der Waals surface area contributed by atoms with Crippen LogP contribution in [-0.2, 0) is 20.4 Å². The van der Waals surface area contributed by atoms with E-state index in [-0.39, 0.29) is 24.5 Å². The fraction of sp³-hybridized carbons (Fsp3) is 0.250. The molecule has 0 aromatic heterocycles. The van der Waals surface area contributed by atoms with Crippen LogP contribution >= 0.6 is 11.6 Å². The lowest BCUT2D eigenvalue weighted by atomic mass is 9.95. The fourth-order valence-electron chi connectivity index (χ4n) is 4.35. The summed E-state index contributed by atoms with van der Waals surface area (Å²) < 4.78 is 58.6. The molecule has 1 fully saturated rings. The molecule has 1 unspecified atom stereocenters. The molecule has 2 aromatic carbocycles. The largest absolute Gasteiger partial charge is 0.463 e. The number of likely N-dealkylation sites (tertiary alicyclic amines) is 1. The lowest BCUT2D eigenvalue weighted by molar-refractivity contribution is -0.140. The highest BCUT2D eigenvalue weighted by Crippen LogP contribution is 2.39. The summed E-state index contributed by atoms with van der Waals surface area (Å²) in [4.78, 5) is 14.2. The molecule has 1 atom stereocenters. The molecular formula is C28H24ClF3N2O4. The molecule has 0 radical (unpaired) electrons. The summed E-state index contributed by atoms with van der Waals surface area (Å²) >= 11 is 5.99. The SMILES string of the molecule is O=C(NC1=COC=C(C2=CC=CCC2)O1)N1CC(OC(c2ccc(Cl)cc2)c2ccccc2C(F)(F)F)C1. The highest BCUT2D eigenvalue weighted by atomic mass is 35.5. The smallest absolute Gasteiger partial charge is 0.416 e. The molecule has 0 bridgehead atoms. The maximum atomic E-state index is 13.8. The quantitative estimate of drug-likeness (QED) is 0.433. The molecule has 2 aliphatic heterocycles. The predicted molar refractivity (Wildman–Crippen MR) is 135 cm³/mol. The van der Waals surface area contributed by atoms with Crippen molar-refractivity contribution in [2.45, 2.75) is 31.2 Å². The Morgan fingerprint density at radius 2 is 1.87 bits per heavy atom. The first-order chi connectivity index (χ1) is 18.3. The molecule has 10 heteroatoms. The average Bonchev–Trinajstić information content (AvgIpc) is 2.89. The van der Waals surface area contributed by atoms with E-state index in [1.165, 1.54) is 29.6 Å². The number of alkyl halides is 3. The van der Waals surface area contributed by atoms with Crippen LogP contribution in [0, 0.1) is 0 Å². The first-order valence-corrected chi connectivity index (χ1v) is 12.4. The van der Waals surface area contributed by atoms with Crippen LogP contribution in [0.15, 0.2) is 96.5 Å². The Kier molecular flexibility index (Phi) is 7.49. The van der Waals surface area contributed by atoms with Gasteiger partial charge in [0.25, 0.3) is 0 Å². The van der Waals surface area contributed by atoms with E-state index >= 15 is 0 Å². The van der Waals surface area contributed by atoms with Crippen LogP contribution in [0.3, 0.4) is 0 Å². The van der Waals surface area contributed by atoms with Gasteiger partial charge in [-0.1, -0.05) is 60.2 Å². The molecule has 3 aliphatic rings. The van der Waals surface area contributed by atoms with Gasteiger partial charge in [0.1, 0.15) is 12.4 Å². The molecule has 6 nitrogen and oxygen atoms in total. The third-order valence-electron chi connectivity index (χ3n) is 6.32. The van der Waals surface area contributed by atoms with Gasteiger partial charge in [-0.05, 0) is 47.7 Å². The third-order valence-corrected chi connectivity index (χ3v) is 6.57. The van der Waals surface area contributed by atoms with Crippen LogP contribution in [0.2, 0.25) is 5.02 Å². The Labute approximate surface area is 222 Å². The Morgan fingerprint density at radius 1 is 1.11 bits per heavy atom. The van der Waals surface area contributed by atoms with Crippen molar-refractivity contribution in [3.8, 4) is 0 Å². The number of hydrogen-bond donors (Lipinski definition) is 1. The highest BCUT2D eigenvalue weighted by Gasteiger charge is 2.39. The molecular weight excluding hydrogens is 521 g/mol. The van der Waals surface area contributed by atoms with Crippen molar-refractivity contribution in [2.24, 2.45) is 0 Å². The third kappa shape index (κ3) is 5.89. The number of rotatable bonds is 6. The second-order valence-electron chi connectivity index (χ2n) is 8.97. The van der Waals surface area contributed by atoms with Gasteiger partial charge in [-0.25, -0.2) is 4.79 Å². The van der Waals surface area contributed by atoms with Crippen LogP contribution in [0.5, 0.6) is 0 Å². The number of carbonyl (C=O) groups is 1. The van der Waals surface area contributed by atoms with Crippen molar-refractivity contribution in [1.29, 1.82) is 0 Å². The highest BCUT2D eigenvalue weighted by molar-refractivity contribution is 6.30. The zero-order valence-electron chi connectivity index (χ0n) is 20.1. The predicted octanol–water partition coefficient (Wildman–Crippen LogP) is 6.82.